The first-order valence-electron chi connectivity index (χ1n) is 9.58. The van der Waals surface area contributed by atoms with Crippen molar-refractivity contribution in [1.82, 2.24) is 19.7 Å². The van der Waals surface area contributed by atoms with Gasteiger partial charge in [0.2, 0.25) is 5.91 Å². The van der Waals surface area contributed by atoms with E-state index in [1.165, 1.54) is 11.8 Å². The van der Waals surface area contributed by atoms with Crippen molar-refractivity contribution in [2.75, 3.05) is 45.3 Å². The summed E-state index contributed by atoms with van der Waals surface area (Å²) in [5, 5.41) is 9.43. The highest BCUT2D eigenvalue weighted by atomic mass is 32.2. The summed E-state index contributed by atoms with van der Waals surface area (Å²) in [7, 11) is 0. The zero-order valence-corrected chi connectivity index (χ0v) is 16.7. The number of hydrogen-bond acceptors (Lipinski definition) is 7. The van der Waals surface area contributed by atoms with Crippen LogP contribution in [0.1, 0.15) is 13.3 Å². The second-order valence-corrected chi connectivity index (χ2v) is 7.49. The lowest BCUT2D eigenvalue weighted by Gasteiger charge is -2.26. The predicted molar refractivity (Wildman–Crippen MR) is 105 cm³/mol. The zero-order chi connectivity index (χ0) is 19.3. The number of benzene rings is 1. The number of carbonyl (C=O) groups excluding carboxylic acids is 1. The van der Waals surface area contributed by atoms with Gasteiger partial charge < -0.3 is 23.7 Å². The Kier molecular flexibility index (Phi) is 6.01. The van der Waals surface area contributed by atoms with E-state index in [-0.39, 0.29) is 5.91 Å². The molecule has 0 saturated carbocycles. The number of carbonyl (C=O) groups is 1. The molecule has 0 aliphatic carbocycles. The van der Waals surface area contributed by atoms with E-state index in [9.17, 15) is 4.79 Å². The van der Waals surface area contributed by atoms with Gasteiger partial charge in [0.1, 0.15) is 0 Å². The average Bonchev–Trinajstić information content (AvgIpc) is 3.01. The number of rotatable bonds is 5. The highest BCUT2D eigenvalue weighted by Crippen LogP contribution is 2.34. The monoisotopic (exact) mass is 404 g/mol. The molecular weight excluding hydrogens is 380 g/mol. The predicted octanol–water partition coefficient (Wildman–Crippen LogP) is 2.08. The number of thioether (sulfide) groups is 1. The van der Waals surface area contributed by atoms with Gasteiger partial charge in [0.25, 0.3) is 0 Å². The number of amides is 1. The van der Waals surface area contributed by atoms with Crippen LogP contribution < -0.4 is 9.47 Å². The van der Waals surface area contributed by atoms with Gasteiger partial charge in [-0.2, -0.15) is 0 Å². The van der Waals surface area contributed by atoms with Gasteiger partial charge in [-0.05, 0) is 25.1 Å². The van der Waals surface area contributed by atoms with Gasteiger partial charge in [-0.1, -0.05) is 11.8 Å². The summed E-state index contributed by atoms with van der Waals surface area (Å²) in [6.45, 7) is 6.59. The van der Waals surface area contributed by atoms with Gasteiger partial charge in [0.05, 0.1) is 32.2 Å². The van der Waals surface area contributed by atoms with Crippen LogP contribution in [0.25, 0.3) is 11.4 Å². The maximum Gasteiger partial charge on any atom is 0.233 e. The first-order valence-corrected chi connectivity index (χ1v) is 10.6. The van der Waals surface area contributed by atoms with Crippen molar-refractivity contribution in [2.24, 2.45) is 0 Å². The molecule has 1 amide bonds. The van der Waals surface area contributed by atoms with Crippen molar-refractivity contribution in [3.8, 4) is 22.9 Å². The molecule has 28 heavy (non-hydrogen) atoms. The number of nitrogens with zero attached hydrogens (tertiary/aromatic N) is 4. The van der Waals surface area contributed by atoms with Gasteiger partial charge in [-0.3, -0.25) is 4.79 Å². The van der Waals surface area contributed by atoms with E-state index in [0.29, 0.717) is 51.8 Å². The van der Waals surface area contributed by atoms with Gasteiger partial charge in [-0.15, -0.1) is 10.2 Å². The third kappa shape index (κ3) is 4.10. The summed E-state index contributed by atoms with van der Waals surface area (Å²) >= 11 is 1.42. The molecule has 0 atom stereocenters. The Bertz CT molecular complexity index is 835. The normalized spacial score (nSPS) is 16.7. The van der Waals surface area contributed by atoms with Crippen LogP contribution in [0.5, 0.6) is 11.5 Å². The summed E-state index contributed by atoms with van der Waals surface area (Å²) in [4.78, 5) is 14.2. The topological polar surface area (TPSA) is 78.7 Å². The van der Waals surface area contributed by atoms with E-state index in [0.717, 1.165) is 34.5 Å². The van der Waals surface area contributed by atoms with Crippen LogP contribution in [0.4, 0.5) is 0 Å². The number of ether oxygens (including phenoxy) is 3. The summed E-state index contributed by atoms with van der Waals surface area (Å²) in [6.07, 6.45) is 0.868. The Morgan fingerprint density at radius 2 is 1.89 bits per heavy atom. The van der Waals surface area contributed by atoms with E-state index in [1.807, 2.05) is 34.6 Å². The van der Waals surface area contributed by atoms with Gasteiger partial charge in [0, 0.05) is 31.6 Å². The minimum Gasteiger partial charge on any atom is -0.490 e. The largest absolute Gasteiger partial charge is 0.490 e. The van der Waals surface area contributed by atoms with Crippen LogP contribution in [0.15, 0.2) is 23.4 Å². The Balaban J connectivity index is 1.49. The summed E-state index contributed by atoms with van der Waals surface area (Å²) in [5.74, 6) is 2.71. The number of hydrogen-bond donors (Lipinski definition) is 0. The van der Waals surface area contributed by atoms with Crippen LogP contribution in [0, 0.1) is 0 Å². The van der Waals surface area contributed by atoms with E-state index >= 15 is 0 Å². The fourth-order valence-electron chi connectivity index (χ4n) is 3.23. The summed E-state index contributed by atoms with van der Waals surface area (Å²) in [5.41, 5.74) is 0.921. The van der Waals surface area contributed by atoms with Crippen LogP contribution in [-0.4, -0.2) is 70.8 Å². The summed E-state index contributed by atoms with van der Waals surface area (Å²) < 4.78 is 18.8. The fourth-order valence-corrected chi connectivity index (χ4v) is 4.13. The van der Waals surface area contributed by atoms with Crippen LogP contribution in [0.3, 0.4) is 0 Å². The molecule has 0 unspecified atom stereocenters. The quantitative estimate of drug-likeness (QED) is 0.706. The van der Waals surface area contributed by atoms with E-state index in [4.69, 9.17) is 14.2 Å². The molecule has 1 aromatic carbocycles. The second-order valence-electron chi connectivity index (χ2n) is 6.54. The summed E-state index contributed by atoms with van der Waals surface area (Å²) in [6, 6.07) is 5.83. The van der Waals surface area contributed by atoms with Crippen LogP contribution >= 0.6 is 11.8 Å². The highest BCUT2D eigenvalue weighted by Gasteiger charge is 2.20. The molecular formula is C19H24N4O4S. The third-order valence-electron chi connectivity index (χ3n) is 4.73. The van der Waals surface area contributed by atoms with Crippen molar-refractivity contribution in [1.29, 1.82) is 0 Å². The molecule has 2 aliphatic heterocycles. The molecule has 0 bridgehead atoms. The van der Waals surface area contributed by atoms with Crippen molar-refractivity contribution in [3.05, 3.63) is 18.2 Å². The van der Waals surface area contributed by atoms with E-state index < -0.39 is 0 Å². The Morgan fingerprint density at radius 3 is 2.68 bits per heavy atom. The molecule has 150 valence electrons. The molecule has 0 N–H and O–H groups in total. The molecule has 1 saturated heterocycles. The van der Waals surface area contributed by atoms with Crippen molar-refractivity contribution in [3.63, 3.8) is 0 Å². The standard InChI is InChI=1S/C19H24N4O4S/c1-2-23-18(14-4-5-15-16(12-14)27-9-3-8-26-15)20-21-19(23)28-13-17(24)22-6-10-25-11-7-22/h4-5,12H,2-3,6-11,13H2,1H3. The number of morpholine rings is 1. The first kappa shape index (κ1) is 19.1. The minimum absolute atomic E-state index is 0.107. The first-order chi connectivity index (χ1) is 13.8. The van der Waals surface area contributed by atoms with Crippen molar-refractivity contribution < 1.29 is 19.0 Å². The van der Waals surface area contributed by atoms with Crippen molar-refractivity contribution in [2.45, 2.75) is 25.0 Å². The molecule has 2 aliphatic rings. The third-order valence-corrected chi connectivity index (χ3v) is 5.68. The van der Waals surface area contributed by atoms with E-state index in [2.05, 4.69) is 10.2 Å². The maximum atomic E-state index is 12.4. The Morgan fingerprint density at radius 1 is 1.11 bits per heavy atom. The molecule has 2 aromatic rings. The molecule has 1 aromatic heterocycles. The second kappa shape index (κ2) is 8.83. The zero-order valence-electron chi connectivity index (χ0n) is 15.9. The van der Waals surface area contributed by atoms with Crippen molar-refractivity contribution >= 4 is 17.7 Å². The molecule has 1 fully saturated rings. The minimum atomic E-state index is 0.107. The fraction of sp³-hybridized carbons (Fsp3) is 0.526. The lowest BCUT2D eigenvalue weighted by Crippen LogP contribution is -2.41. The van der Waals surface area contributed by atoms with Gasteiger partial charge >= 0.3 is 0 Å². The lowest BCUT2D eigenvalue weighted by atomic mass is 10.2. The molecule has 9 heteroatoms. The molecule has 3 heterocycles. The van der Waals surface area contributed by atoms with Crippen LogP contribution in [-0.2, 0) is 16.1 Å². The van der Waals surface area contributed by atoms with Gasteiger partial charge in [-0.25, -0.2) is 0 Å². The Labute approximate surface area is 168 Å². The Hall–Kier alpha value is -2.26. The van der Waals surface area contributed by atoms with Crippen LogP contribution in [0.2, 0.25) is 0 Å². The molecule has 8 nitrogen and oxygen atoms in total. The maximum absolute atomic E-state index is 12.4. The molecule has 4 rings (SSSR count). The highest BCUT2D eigenvalue weighted by molar-refractivity contribution is 7.99. The van der Waals surface area contributed by atoms with E-state index in [1.54, 1.807) is 0 Å². The molecule has 0 radical (unpaired) electrons. The molecule has 0 spiro atoms. The number of fused-ring (bicyclic) bond motifs is 1. The smallest absolute Gasteiger partial charge is 0.233 e. The van der Waals surface area contributed by atoms with Gasteiger partial charge in [0.15, 0.2) is 22.5 Å². The SMILES string of the molecule is CCn1c(SCC(=O)N2CCOCC2)nnc1-c1ccc2c(c1)OCCCO2. The average molecular weight is 404 g/mol. The lowest BCUT2D eigenvalue weighted by molar-refractivity contribution is -0.132. The number of aromatic nitrogens is 3.